The van der Waals surface area contributed by atoms with Gasteiger partial charge in [0.2, 0.25) is 0 Å². The van der Waals surface area contributed by atoms with Crippen LogP contribution in [0.4, 0.5) is 0 Å². The molecular weight excluding hydrogens is 274 g/mol. The van der Waals surface area contributed by atoms with E-state index >= 15 is 0 Å². The molecule has 1 aromatic rings. The van der Waals surface area contributed by atoms with Crippen LogP contribution in [0.3, 0.4) is 0 Å². The van der Waals surface area contributed by atoms with Gasteiger partial charge >= 0.3 is 11.8 Å². The molecule has 0 saturated carbocycles. The third-order valence-corrected chi connectivity index (χ3v) is 2.15. The van der Waals surface area contributed by atoms with Gasteiger partial charge in [-0.25, -0.2) is 5.43 Å². The van der Waals surface area contributed by atoms with Crippen molar-refractivity contribution in [3.05, 3.63) is 34.3 Å². The standard InChI is InChI=1S/C10H10BrN3O2/c1-12-9(15)10(16)14-13-6-7-3-2-4-8(11)5-7/h2-6H,1H3,(H,12,15)(H,14,16)/b13-6+. The number of benzene rings is 1. The minimum atomic E-state index is -0.797. The number of rotatable bonds is 2. The lowest BCUT2D eigenvalue weighted by Gasteiger charge is -1.97. The predicted octanol–water partition coefficient (Wildman–Crippen LogP) is 0.645. The topological polar surface area (TPSA) is 70.6 Å². The molecule has 1 rings (SSSR count). The van der Waals surface area contributed by atoms with Gasteiger partial charge in [-0.3, -0.25) is 9.59 Å². The molecule has 0 aliphatic rings. The molecule has 16 heavy (non-hydrogen) atoms. The SMILES string of the molecule is CNC(=O)C(=O)N/N=C/c1cccc(Br)c1. The van der Waals surface area contributed by atoms with Crippen LogP contribution in [0, 0.1) is 0 Å². The van der Waals surface area contributed by atoms with Crippen LogP contribution in [0.25, 0.3) is 0 Å². The summed E-state index contributed by atoms with van der Waals surface area (Å²) in [7, 11) is 1.37. The van der Waals surface area contributed by atoms with E-state index in [-0.39, 0.29) is 0 Å². The first-order valence-electron chi connectivity index (χ1n) is 4.44. The molecule has 84 valence electrons. The number of nitrogens with one attached hydrogen (secondary N) is 2. The third-order valence-electron chi connectivity index (χ3n) is 1.66. The van der Waals surface area contributed by atoms with E-state index in [1.807, 2.05) is 24.3 Å². The Balaban J connectivity index is 2.55. The summed E-state index contributed by atoms with van der Waals surface area (Å²) in [6, 6.07) is 7.36. The molecule has 0 heterocycles. The quantitative estimate of drug-likeness (QED) is 0.475. The van der Waals surface area contributed by atoms with Crippen molar-refractivity contribution in [1.82, 2.24) is 10.7 Å². The van der Waals surface area contributed by atoms with Crippen LogP contribution in [-0.4, -0.2) is 25.1 Å². The molecule has 0 bridgehead atoms. The van der Waals surface area contributed by atoms with Crippen molar-refractivity contribution in [2.45, 2.75) is 0 Å². The van der Waals surface area contributed by atoms with Crippen LogP contribution in [0.1, 0.15) is 5.56 Å². The zero-order valence-corrected chi connectivity index (χ0v) is 10.1. The van der Waals surface area contributed by atoms with Crippen LogP contribution < -0.4 is 10.7 Å². The van der Waals surface area contributed by atoms with Crippen LogP contribution >= 0.6 is 15.9 Å². The van der Waals surface area contributed by atoms with Gasteiger partial charge in [0.1, 0.15) is 0 Å². The largest absolute Gasteiger partial charge is 0.351 e. The fourth-order valence-electron chi connectivity index (χ4n) is 0.917. The number of likely N-dealkylation sites (N-methyl/N-ethyl adjacent to an activating group) is 1. The third kappa shape index (κ3) is 3.82. The number of halogens is 1. The van der Waals surface area contributed by atoms with E-state index in [2.05, 4.69) is 31.8 Å². The Bertz CT molecular complexity index is 432. The lowest BCUT2D eigenvalue weighted by atomic mass is 10.2. The van der Waals surface area contributed by atoms with E-state index in [1.54, 1.807) is 0 Å². The highest BCUT2D eigenvalue weighted by Crippen LogP contribution is 2.09. The van der Waals surface area contributed by atoms with E-state index in [9.17, 15) is 9.59 Å². The number of amides is 2. The van der Waals surface area contributed by atoms with Crippen LogP contribution in [0.15, 0.2) is 33.8 Å². The first-order chi connectivity index (χ1) is 7.63. The molecule has 2 amide bonds. The Labute approximate surface area is 101 Å². The van der Waals surface area contributed by atoms with Crippen LogP contribution in [-0.2, 0) is 9.59 Å². The highest BCUT2D eigenvalue weighted by atomic mass is 79.9. The van der Waals surface area contributed by atoms with Crippen molar-refractivity contribution in [3.63, 3.8) is 0 Å². The van der Waals surface area contributed by atoms with E-state index in [1.165, 1.54) is 13.3 Å². The van der Waals surface area contributed by atoms with Crippen molar-refractivity contribution in [1.29, 1.82) is 0 Å². The summed E-state index contributed by atoms with van der Waals surface area (Å²) in [6.45, 7) is 0. The molecule has 5 nitrogen and oxygen atoms in total. The summed E-state index contributed by atoms with van der Waals surface area (Å²) in [5.41, 5.74) is 2.92. The zero-order chi connectivity index (χ0) is 12.0. The van der Waals surface area contributed by atoms with E-state index < -0.39 is 11.8 Å². The molecule has 0 saturated heterocycles. The summed E-state index contributed by atoms with van der Waals surface area (Å²) in [6.07, 6.45) is 1.45. The summed E-state index contributed by atoms with van der Waals surface area (Å²) < 4.78 is 0.911. The second-order valence-corrected chi connectivity index (χ2v) is 3.75. The normalized spacial score (nSPS) is 10.1. The molecule has 0 aromatic heterocycles. The van der Waals surface area contributed by atoms with Gasteiger partial charge in [0.25, 0.3) is 0 Å². The molecular formula is C10H10BrN3O2. The predicted molar refractivity (Wildman–Crippen MR) is 63.9 cm³/mol. The first-order valence-corrected chi connectivity index (χ1v) is 5.23. The van der Waals surface area contributed by atoms with E-state index in [0.717, 1.165) is 10.0 Å². The average Bonchev–Trinajstić information content (AvgIpc) is 2.28. The van der Waals surface area contributed by atoms with Gasteiger partial charge in [-0.1, -0.05) is 28.1 Å². The van der Waals surface area contributed by atoms with Crippen molar-refractivity contribution in [2.75, 3.05) is 7.05 Å². The Morgan fingerprint density at radius 2 is 2.12 bits per heavy atom. The smallest absolute Gasteiger partial charge is 0.329 e. The molecule has 2 N–H and O–H groups in total. The van der Waals surface area contributed by atoms with Crippen molar-refractivity contribution in [3.8, 4) is 0 Å². The zero-order valence-electron chi connectivity index (χ0n) is 8.53. The van der Waals surface area contributed by atoms with Gasteiger partial charge in [-0.2, -0.15) is 5.10 Å². The Morgan fingerprint density at radius 3 is 2.75 bits per heavy atom. The minimum absolute atomic E-state index is 0.730. The van der Waals surface area contributed by atoms with Gasteiger partial charge in [0.05, 0.1) is 6.21 Å². The van der Waals surface area contributed by atoms with Crippen LogP contribution in [0.2, 0.25) is 0 Å². The number of hydrazone groups is 1. The fourth-order valence-corrected chi connectivity index (χ4v) is 1.33. The fraction of sp³-hybridized carbons (Fsp3) is 0.100. The van der Waals surface area contributed by atoms with Crippen molar-refractivity contribution >= 4 is 34.0 Å². The maximum Gasteiger partial charge on any atom is 0.329 e. The molecule has 1 aromatic carbocycles. The van der Waals surface area contributed by atoms with Gasteiger partial charge in [-0.05, 0) is 17.7 Å². The Hall–Kier alpha value is -1.69. The summed E-state index contributed by atoms with van der Waals surface area (Å²) in [5.74, 6) is -1.53. The van der Waals surface area contributed by atoms with E-state index in [0.29, 0.717) is 0 Å². The molecule has 0 atom stereocenters. The molecule has 0 aliphatic carbocycles. The molecule has 6 heteroatoms. The Morgan fingerprint density at radius 1 is 1.38 bits per heavy atom. The number of hydrogen-bond acceptors (Lipinski definition) is 3. The number of nitrogens with zero attached hydrogens (tertiary/aromatic N) is 1. The maximum atomic E-state index is 11.0. The average molecular weight is 284 g/mol. The Kier molecular flexibility index (Phi) is 4.65. The summed E-state index contributed by atoms with van der Waals surface area (Å²) >= 11 is 3.30. The van der Waals surface area contributed by atoms with Gasteiger partial charge in [0, 0.05) is 11.5 Å². The molecule has 0 fully saturated rings. The monoisotopic (exact) mass is 283 g/mol. The number of carbonyl (C=O) groups excluding carboxylic acids is 2. The van der Waals surface area contributed by atoms with Crippen molar-refractivity contribution < 1.29 is 9.59 Å². The molecule has 0 radical (unpaired) electrons. The highest BCUT2D eigenvalue weighted by molar-refractivity contribution is 9.10. The summed E-state index contributed by atoms with van der Waals surface area (Å²) in [4.78, 5) is 21.8. The molecule has 0 aliphatic heterocycles. The first kappa shape index (κ1) is 12.4. The van der Waals surface area contributed by atoms with Gasteiger partial charge < -0.3 is 5.32 Å². The maximum absolute atomic E-state index is 11.0. The number of carbonyl (C=O) groups is 2. The minimum Gasteiger partial charge on any atom is -0.351 e. The molecule has 0 spiro atoms. The number of hydrogen-bond donors (Lipinski definition) is 2. The second-order valence-electron chi connectivity index (χ2n) is 2.83. The lowest BCUT2D eigenvalue weighted by Crippen LogP contribution is -2.35. The molecule has 0 unspecified atom stereocenters. The van der Waals surface area contributed by atoms with E-state index in [4.69, 9.17) is 0 Å². The lowest BCUT2D eigenvalue weighted by molar-refractivity contribution is -0.138. The van der Waals surface area contributed by atoms with Crippen molar-refractivity contribution in [2.24, 2.45) is 5.10 Å². The van der Waals surface area contributed by atoms with Crippen LogP contribution in [0.5, 0.6) is 0 Å². The summed E-state index contributed by atoms with van der Waals surface area (Å²) in [5, 5.41) is 5.84. The van der Waals surface area contributed by atoms with Gasteiger partial charge in [0.15, 0.2) is 0 Å². The van der Waals surface area contributed by atoms with Gasteiger partial charge in [-0.15, -0.1) is 0 Å². The second kappa shape index (κ2) is 6.02. The highest BCUT2D eigenvalue weighted by Gasteiger charge is 2.08.